The van der Waals surface area contributed by atoms with Gasteiger partial charge in [-0.1, -0.05) is 12.1 Å². The molecule has 0 aliphatic carbocycles. The summed E-state index contributed by atoms with van der Waals surface area (Å²) >= 11 is 0. The second kappa shape index (κ2) is 8.84. The van der Waals surface area contributed by atoms with E-state index in [2.05, 4.69) is 46.0 Å². The zero-order chi connectivity index (χ0) is 16.8. The average Bonchev–Trinajstić information content (AvgIpc) is 3.01. The highest BCUT2D eigenvalue weighted by Gasteiger charge is 2.23. The van der Waals surface area contributed by atoms with Gasteiger partial charge >= 0.3 is 0 Å². The Kier molecular flexibility index (Phi) is 6.52. The van der Waals surface area contributed by atoms with Crippen molar-refractivity contribution in [3.63, 3.8) is 0 Å². The molecule has 1 atom stereocenters. The van der Waals surface area contributed by atoms with Crippen molar-refractivity contribution in [3.05, 3.63) is 29.8 Å². The molecule has 2 saturated heterocycles. The first-order chi connectivity index (χ1) is 11.7. The quantitative estimate of drug-likeness (QED) is 0.764. The van der Waals surface area contributed by atoms with Crippen LogP contribution in [0.1, 0.15) is 31.7 Å². The summed E-state index contributed by atoms with van der Waals surface area (Å²) in [5, 5.41) is 0. The van der Waals surface area contributed by atoms with E-state index in [4.69, 9.17) is 4.74 Å². The van der Waals surface area contributed by atoms with Gasteiger partial charge in [0.1, 0.15) is 5.75 Å². The lowest BCUT2D eigenvalue weighted by Gasteiger charge is -2.35. The summed E-state index contributed by atoms with van der Waals surface area (Å²) in [5.41, 5.74) is 1.39. The van der Waals surface area contributed by atoms with Crippen molar-refractivity contribution in [1.82, 2.24) is 14.7 Å². The molecule has 1 aromatic rings. The van der Waals surface area contributed by atoms with Crippen molar-refractivity contribution >= 4 is 0 Å². The van der Waals surface area contributed by atoms with Crippen molar-refractivity contribution in [1.29, 1.82) is 0 Å². The van der Waals surface area contributed by atoms with Crippen molar-refractivity contribution in [2.24, 2.45) is 0 Å². The molecule has 0 aromatic heterocycles. The van der Waals surface area contributed by atoms with E-state index in [-0.39, 0.29) is 0 Å². The van der Waals surface area contributed by atoms with Crippen LogP contribution in [0.15, 0.2) is 24.3 Å². The molecule has 2 fully saturated rings. The van der Waals surface area contributed by atoms with Gasteiger partial charge < -0.3 is 14.5 Å². The van der Waals surface area contributed by atoms with Crippen molar-refractivity contribution in [2.75, 3.05) is 52.9 Å². The number of likely N-dealkylation sites (tertiary alicyclic amines) is 1. The van der Waals surface area contributed by atoms with E-state index in [9.17, 15) is 0 Å². The molecule has 0 radical (unpaired) electrons. The second-order valence-corrected chi connectivity index (χ2v) is 7.26. The van der Waals surface area contributed by atoms with Gasteiger partial charge in [-0.25, -0.2) is 0 Å². The highest BCUT2D eigenvalue weighted by atomic mass is 16.5. The summed E-state index contributed by atoms with van der Waals surface area (Å²) in [6, 6.07) is 9.41. The predicted octanol–water partition coefficient (Wildman–Crippen LogP) is 2.69. The van der Waals surface area contributed by atoms with Gasteiger partial charge in [-0.05, 0) is 64.0 Å². The highest BCUT2D eigenvalue weighted by Crippen LogP contribution is 2.19. The van der Waals surface area contributed by atoms with E-state index in [1.807, 2.05) is 6.92 Å². The maximum atomic E-state index is 5.52. The number of hydrogen-bond donors (Lipinski definition) is 0. The number of piperazine rings is 1. The zero-order valence-corrected chi connectivity index (χ0v) is 15.4. The van der Waals surface area contributed by atoms with E-state index in [1.165, 1.54) is 64.1 Å². The molecule has 1 aromatic carbocycles. The van der Waals surface area contributed by atoms with Crippen LogP contribution in [0.3, 0.4) is 0 Å². The third-order valence-corrected chi connectivity index (χ3v) is 5.56. The number of rotatable bonds is 7. The summed E-state index contributed by atoms with van der Waals surface area (Å²) in [7, 11) is 2.28. The lowest BCUT2D eigenvalue weighted by atomic mass is 10.1. The minimum Gasteiger partial charge on any atom is -0.494 e. The predicted molar refractivity (Wildman–Crippen MR) is 99.6 cm³/mol. The number of ether oxygens (including phenoxy) is 1. The number of hydrogen-bond acceptors (Lipinski definition) is 4. The molecule has 134 valence electrons. The van der Waals surface area contributed by atoms with Crippen molar-refractivity contribution in [3.8, 4) is 5.75 Å². The molecule has 2 heterocycles. The Morgan fingerprint density at radius 1 is 1.00 bits per heavy atom. The van der Waals surface area contributed by atoms with Crippen molar-refractivity contribution < 1.29 is 4.74 Å². The fraction of sp³-hybridized carbons (Fsp3) is 0.700. The van der Waals surface area contributed by atoms with E-state index >= 15 is 0 Å². The third kappa shape index (κ3) is 4.95. The molecule has 0 N–H and O–H groups in total. The van der Waals surface area contributed by atoms with Gasteiger partial charge in [0.05, 0.1) is 6.61 Å². The van der Waals surface area contributed by atoms with Crippen LogP contribution in [0.5, 0.6) is 5.75 Å². The molecule has 0 bridgehead atoms. The zero-order valence-electron chi connectivity index (χ0n) is 15.4. The summed E-state index contributed by atoms with van der Waals surface area (Å²) < 4.78 is 5.52. The lowest BCUT2D eigenvalue weighted by Crippen LogP contribution is -2.46. The molecular formula is C20H33N3O. The van der Waals surface area contributed by atoms with Crippen LogP contribution >= 0.6 is 0 Å². The molecule has 0 saturated carbocycles. The molecule has 2 aliphatic heterocycles. The van der Waals surface area contributed by atoms with Crippen molar-refractivity contribution in [2.45, 2.75) is 38.8 Å². The number of benzene rings is 1. The normalized spacial score (nSPS) is 23.7. The molecule has 24 heavy (non-hydrogen) atoms. The van der Waals surface area contributed by atoms with Crippen LogP contribution in [0.25, 0.3) is 0 Å². The standard InChI is InChI=1S/C20H33N3O/c1-3-24-20-8-6-18(7-9-20)17-23-15-13-22(14-16-23)12-10-19-5-4-11-21(19)2/h6-9,19H,3-5,10-17H2,1-2H3. The molecule has 0 amide bonds. The fourth-order valence-electron chi connectivity index (χ4n) is 3.96. The van der Waals surface area contributed by atoms with Gasteiger partial charge in [0.25, 0.3) is 0 Å². The van der Waals surface area contributed by atoms with Gasteiger partial charge in [-0.2, -0.15) is 0 Å². The minimum absolute atomic E-state index is 0.734. The largest absolute Gasteiger partial charge is 0.494 e. The van der Waals surface area contributed by atoms with Gasteiger partial charge in [0, 0.05) is 38.8 Å². The van der Waals surface area contributed by atoms with E-state index in [1.54, 1.807) is 0 Å². The molecule has 4 heteroatoms. The monoisotopic (exact) mass is 331 g/mol. The summed E-state index contributed by atoms with van der Waals surface area (Å²) in [5.74, 6) is 0.975. The highest BCUT2D eigenvalue weighted by molar-refractivity contribution is 5.27. The molecule has 0 spiro atoms. The van der Waals surface area contributed by atoms with Crippen LogP contribution in [0, 0.1) is 0 Å². The topological polar surface area (TPSA) is 19.0 Å². The Hall–Kier alpha value is -1.10. The second-order valence-electron chi connectivity index (χ2n) is 7.26. The molecule has 4 nitrogen and oxygen atoms in total. The average molecular weight is 332 g/mol. The molecule has 1 unspecified atom stereocenters. The van der Waals surface area contributed by atoms with Crippen LogP contribution in [-0.2, 0) is 6.54 Å². The summed E-state index contributed by atoms with van der Waals surface area (Å²) in [6.45, 7) is 11.2. The maximum absolute atomic E-state index is 5.52. The molecule has 3 rings (SSSR count). The minimum atomic E-state index is 0.734. The Labute approximate surface area is 147 Å². The van der Waals surface area contributed by atoms with Gasteiger partial charge in [0.15, 0.2) is 0 Å². The van der Waals surface area contributed by atoms with Gasteiger partial charge in [-0.3, -0.25) is 4.90 Å². The van der Waals surface area contributed by atoms with E-state index < -0.39 is 0 Å². The lowest BCUT2D eigenvalue weighted by molar-refractivity contribution is 0.118. The Morgan fingerprint density at radius 2 is 1.71 bits per heavy atom. The van der Waals surface area contributed by atoms with Crippen LogP contribution in [0.4, 0.5) is 0 Å². The Balaban J connectivity index is 1.37. The third-order valence-electron chi connectivity index (χ3n) is 5.56. The first kappa shape index (κ1) is 17.7. The Bertz CT molecular complexity index is 482. The van der Waals surface area contributed by atoms with E-state index in [0.717, 1.165) is 24.9 Å². The first-order valence-corrected chi connectivity index (χ1v) is 9.61. The van der Waals surface area contributed by atoms with Gasteiger partial charge in [0.2, 0.25) is 0 Å². The molecular weight excluding hydrogens is 298 g/mol. The summed E-state index contributed by atoms with van der Waals surface area (Å²) in [6.07, 6.45) is 4.13. The fourth-order valence-corrected chi connectivity index (χ4v) is 3.96. The van der Waals surface area contributed by atoms with Gasteiger partial charge in [-0.15, -0.1) is 0 Å². The SMILES string of the molecule is CCOc1ccc(CN2CCN(CCC3CCCN3C)CC2)cc1. The van der Waals surface area contributed by atoms with E-state index in [0.29, 0.717) is 0 Å². The van der Waals surface area contributed by atoms with Crippen LogP contribution in [-0.4, -0.2) is 73.7 Å². The Morgan fingerprint density at radius 3 is 2.33 bits per heavy atom. The number of nitrogens with zero attached hydrogens (tertiary/aromatic N) is 3. The molecule has 2 aliphatic rings. The first-order valence-electron chi connectivity index (χ1n) is 9.61. The summed E-state index contributed by atoms with van der Waals surface area (Å²) in [4.78, 5) is 7.77. The smallest absolute Gasteiger partial charge is 0.119 e. The maximum Gasteiger partial charge on any atom is 0.119 e. The van der Waals surface area contributed by atoms with Crippen LogP contribution < -0.4 is 4.74 Å². The van der Waals surface area contributed by atoms with Crippen LogP contribution in [0.2, 0.25) is 0 Å².